The number of aliphatic hydroxyl groups is 1. The van der Waals surface area contributed by atoms with Gasteiger partial charge in [0.25, 0.3) is 5.91 Å². The number of nitrogens with one attached hydrogen (secondary N) is 2. The smallest absolute Gasteiger partial charge is 0.252 e. The highest BCUT2D eigenvalue weighted by molar-refractivity contribution is 7.10. The van der Waals surface area contributed by atoms with E-state index in [1.807, 2.05) is 39.1 Å². The first kappa shape index (κ1) is 19.9. The second-order valence-corrected chi connectivity index (χ2v) is 8.33. The van der Waals surface area contributed by atoms with Crippen LogP contribution in [0.5, 0.6) is 0 Å². The van der Waals surface area contributed by atoms with Gasteiger partial charge in [0, 0.05) is 11.4 Å². The molecule has 25 heavy (non-hydrogen) atoms. The molecule has 7 heteroatoms. The number of aryl methyl sites for hydroxylation is 1. The second-order valence-electron chi connectivity index (χ2n) is 7.21. The minimum atomic E-state index is -0.639. The lowest BCUT2D eigenvalue weighted by Crippen LogP contribution is -2.54. The minimum absolute atomic E-state index is 0.104. The summed E-state index contributed by atoms with van der Waals surface area (Å²) in [5, 5.41) is 17.3. The van der Waals surface area contributed by atoms with Crippen LogP contribution in [0.15, 0.2) is 11.4 Å². The van der Waals surface area contributed by atoms with Crippen LogP contribution in [0.4, 0.5) is 0 Å². The summed E-state index contributed by atoms with van der Waals surface area (Å²) < 4.78 is 5.66. The van der Waals surface area contributed by atoms with Crippen LogP contribution in [-0.2, 0) is 9.53 Å². The van der Waals surface area contributed by atoms with Crippen molar-refractivity contribution in [3.63, 3.8) is 0 Å². The maximum atomic E-state index is 12.5. The average Bonchev–Trinajstić information content (AvgIpc) is 3.21. The highest BCUT2D eigenvalue weighted by Gasteiger charge is 2.36. The molecule has 1 aromatic heterocycles. The quantitative estimate of drug-likeness (QED) is 0.684. The van der Waals surface area contributed by atoms with Crippen molar-refractivity contribution in [3.05, 3.63) is 21.9 Å². The van der Waals surface area contributed by atoms with Gasteiger partial charge < -0.3 is 20.5 Å². The molecule has 2 amide bonds. The maximum absolute atomic E-state index is 12.5. The molecule has 0 aliphatic carbocycles. The van der Waals surface area contributed by atoms with Gasteiger partial charge in [0.05, 0.1) is 36.3 Å². The Kier molecular flexibility index (Phi) is 6.59. The topological polar surface area (TPSA) is 87.7 Å². The Hall–Kier alpha value is -1.44. The molecule has 0 aromatic carbocycles. The van der Waals surface area contributed by atoms with Gasteiger partial charge in [-0.25, -0.2) is 0 Å². The van der Waals surface area contributed by atoms with Gasteiger partial charge in [-0.3, -0.25) is 9.59 Å². The number of amides is 2. The molecular weight excluding hydrogens is 340 g/mol. The zero-order valence-electron chi connectivity index (χ0n) is 15.3. The van der Waals surface area contributed by atoms with E-state index in [9.17, 15) is 14.7 Å². The number of carbonyl (C=O) groups is 2. The van der Waals surface area contributed by atoms with Crippen LogP contribution >= 0.6 is 11.3 Å². The summed E-state index contributed by atoms with van der Waals surface area (Å²) in [6.45, 7) is 8.30. The summed E-state index contributed by atoms with van der Waals surface area (Å²) in [5.74, 6) is -0.349. The van der Waals surface area contributed by atoms with Gasteiger partial charge >= 0.3 is 0 Å². The molecule has 0 spiro atoms. The number of carbonyl (C=O) groups excluding carboxylic acids is 2. The van der Waals surface area contributed by atoms with E-state index in [0.717, 1.165) is 4.88 Å². The van der Waals surface area contributed by atoms with Gasteiger partial charge in [-0.05, 0) is 37.6 Å². The average molecular weight is 368 g/mol. The van der Waals surface area contributed by atoms with Gasteiger partial charge in [-0.1, -0.05) is 13.8 Å². The van der Waals surface area contributed by atoms with E-state index in [2.05, 4.69) is 10.6 Å². The van der Waals surface area contributed by atoms with Crippen LogP contribution in [0, 0.1) is 18.8 Å². The Bertz CT molecular complexity index is 616. The summed E-state index contributed by atoms with van der Waals surface area (Å²) in [6, 6.07) is 1.81. The van der Waals surface area contributed by atoms with E-state index < -0.39 is 5.54 Å². The Morgan fingerprint density at radius 2 is 2.20 bits per heavy atom. The van der Waals surface area contributed by atoms with Gasteiger partial charge in [-0.15, -0.1) is 11.3 Å². The third kappa shape index (κ3) is 4.80. The first-order chi connectivity index (χ1) is 11.8. The van der Waals surface area contributed by atoms with Crippen molar-refractivity contribution in [2.45, 2.75) is 45.8 Å². The van der Waals surface area contributed by atoms with Gasteiger partial charge in [0.2, 0.25) is 5.91 Å². The highest BCUT2D eigenvalue weighted by Crippen LogP contribution is 2.23. The van der Waals surface area contributed by atoms with E-state index >= 15 is 0 Å². The standard InChI is InChI=1S/C18H28N2O4S/c1-11(2)18(4,10-21)20-16(22)13-7-14(24-9-13)8-19-17(23)15-5-6-25-12(15)3/h5-6,11,13-14,21H,7-10H2,1-4H3,(H,19,23)(H,20,22)/t13-,14-,18?/m0/s1. The molecule has 3 N–H and O–H groups in total. The molecule has 0 saturated carbocycles. The molecule has 1 fully saturated rings. The summed E-state index contributed by atoms with van der Waals surface area (Å²) in [6.07, 6.45) is 0.395. The summed E-state index contributed by atoms with van der Waals surface area (Å²) in [7, 11) is 0. The molecule has 1 aromatic rings. The zero-order chi connectivity index (χ0) is 18.6. The Morgan fingerprint density at radius 3 is 2.76 bits per heavy atom. The van der Waals surface area contributed by atoms with E-state index in [0.29, 0.717) is 25.1 Å². The normalized spacial score (nSPS) is 22.6. The summed E-state index contributed by atoms with van der Waals surface area (Å²) >= 11 is 1.54. The number of ether oxygens (including phenoxy) is 1. The third-order valence-corrected chi connectivity index (χ3v) is 5.90. The number of aliphatic hydroxyl groups excluding tert-OH is 1. The van der Waals surface area contributed by atoms with Crippen LogP contribution in [0.1, 0.15) is 42.4 Å². The van der Waals surface area contributed by atoms with Crippen molar-refractivity contribution in [3.8, 4) is 0 Å². The van der Waals surface area contributed by atoms with Crippen LogP contribution in [0.25, 0.3) is 0 Å². The SMILES string of the molecule is Cc1sccc1C(=O)NC[C@@H]1C[C@H](C(=O)NC(C)(CO)C(C)C)CO1. The number of hydrogen-bond acceptors (Lipinski definition) is 5. The Labute approximate surface area is 153 Å². The van der Waals surface area contributed by atoms with Gasteiger partial charge in [-0.2, -0.15) is 0 Å². The molecule has 1 aliphatic rings. The molecule has 1 aliphatic heterocycles. The number of rotatable bonds is 7. The van der Waals surface area contributed by atoms with Crippen LogP contribution in [0.2, 0.25) is 0 Å². The fourth-order valence-electron chi connectivity index (χ4n) is 2.70. The predicted octanol–water partition coefficient (Wildman–Crippen LogP) is 1.71. The molecule has 0 radical (unpaired) electrons. The van der Waals surface area contributed by atoms with Crippen LogP contribution < -0.4 is 10.6 Å². The fourth-order valence-corrected chi connectivity index (χ4v) is 3.40. The lowest BCUT2D eigenvalue weighted by molar-refractivity contribution is -0.128. The lowest BCUT2D eigenvalue weighted by Gasteiger charge is -2.33. The van der Waals surface area contributed by atoms with Crippen molar-refractivity contribution >= 4 is 23.2 Å². The Morgan fingerprint density at radius 1 is 1.48 bits per heavy atom. The zero-order valence-corrected chi connectivity index (χ0v) is 16.1. The molecule has 1 saturated heterocycles. The largest absolute Gasteiger partial charge is 0.394 e. The Balaban J connectivity index is 1.82. The first-order valence-corrected chi connectivity index (χ1v) is 9.51. The lowest BCUT2D eigenvalue weighted by atomic mass is 9.88. The maximum Gasteiger partial charge on any atom is 0.252 e. The van der Waals surface area contributed by atoms with Crippen LogP contribution in [0.3, 0.4) is 0 Å². The molecule has 0 bridgehead atoms. The summed E-state index contributed by atoms with van der Waals surface area (Å²) in [4.78, 5) is 25.6. The predicted molar refractivity (Wildman–Crippen MR) is 97.7 cm³/mol. The minimum Gasteiger partial charge on any atom is -0.394 e. The molecule has 2 heterocycles. The van der Waals surface area contributed by atoms with E-state index in [4.69, 9.17) is 4.74 Å². The molecule has 2 rings (SSSR count). The molecule has 140 valence electrons. The van der Waals surface area contributed by atoms with Gasteiger partial charge in [0.15, 0.2) is 0 Å². The molecule has 1 unspecified atom stereocenters. The molecular formula is C18H28N2O4S. The van der Waals surface area contributed by atoms with E-state index in [-0.39, 0.29) is 36.4 Å². The van der Waals surface area contributed by atoms with Crippen molar-refractivity contribution in [1.29, 1.82) is 0 Å². The van der Waals surface area contributed by atoms with Gasteiger partial charge in [0.1, 0.15) is 0 Å². The monoisotopic (exact) mass is 368 g/mol. The molecule has 3 atom stereocenters. The van der Waals surface area contributed by atoms with Crippen molar-refractivity contribution in [2.24, 2.45) is 11.8 Å². The van der Waals surface area contributed by atoms with Crippen molar-refractivity contribution in [1.82, 2.24) is 10.6 Å². The van der Waals surface area contributed by atoms with E-state index in [1.54, 1.807) is 0 Å². The van der Waals surface area contributed by atoms with Crippen molar-refractivity contribution in [2.75, 3.05) is 19.8 Å². The fraction of sp³-hybridized carbons (Fsp3) is 0.667. The van der Waals surface area contributed by atoms with Crippen molar-refractivity contribution < 1.29 is 19.4 Å². The first-order valence-electron chi connectivity index (χ1n) is 8.63. The highest BCUT2D eigenvalue weighted by atomic mass is 32.1. The van der Waals surface area contributed by atoms with E-state index in [1.165, 1.54) is 11.3 Å². The number of thiophene rings is 1. The molecule has 6 nitrogen and oxygen atoms in total. The number of hydrogen-bond donors (Lipinski definition) is 3. The summed E-state index contributed by atoms with van der Waals surface area (Å²) in [5.41, 5.74) is 0.0489. The second kappa shape index (κ2) is 8.29. The third-order valence-electron chi connectivity index (χ3n) is 5.06. The van der Waals surface area contributed by atoms with Crippen LogP contribution in [-0.4, -0.2) is 48.3 Å².